The van der Waals surface area contributed by atoms with Crippen LogP contribution in [0.3, 0.4) is 0 Å². The fourth-order valence-electron chi connectivity index (χ4n) is 2.33. The van der Waals surface area contributed by atoms with E-state index in [1.165, 1.54) is 23.3 Å². The molecule has 134 valence electrons. The molecule has 0 bridgehead atoms. The maximum Gasteiger partial charge on any atom is 0.261 e. The Bertz CT molecular complexity index is 693. The highest BCUT2D eigenvalue weighted by atomic mass is 32.2. The Hall–Kier alpha value is -2.01. The summed E-state index contributed by atoms with van der Waals surface area (Å²) in [7, 11) is 0. The van der Waals surface area contributed by atoms with E-state index in [0.29, 0.717) is 13.0 Å². The quantitative estimate of drug-likeness (QED) is 0.675. The van der Waals surface area contributed by atoms with Gasteiger partial charge >= 0.3 is 0 Å². The number of nitrogens with one attached hydrogen (secondary N) is 1. The van der Waals surface area contributed by atoms with Gasteiger partial charge in [0.2, 0.25) is 0 Å². The predicted molar refractivity (Wildman–Crippen MR) is 101 cm³/mol. The van der Waals surface area contributed by atoms with Crippen molar-refractivity contribution in [2.24, 2.45) is 0 Å². The number of ether oxygens (including phenoxy) is 1. The highest BCUT2D eigenvalue weighted by molar-refractivity contribution is 7.98. The van der Waals surface area contributed by atoms with E-state index in [9.17, 15) is 9.18 Å². The third-order valence-corrected chi connectivity index (χ3v) is 4.84. The van der Waals surface area contributed by atoms with Crippen molar-refractivity contribution >= 4 is 17.7 Å². The molecule has 3 nitrogen and oxygen atoms in total. The summed E-state index contributed by atoms with van der Waals surface area (Å²) in [5.41, 5.74) is 2.59. The Balaban J connectivity index is 1.73. The van der Waals surface area contributed by atoms with Crippen LogP contribution in [0.25, 0.3) is 0 Å². The van der Waals surface area contributed by atoms with Crippen LogP contribution in [0.5, 0.6) is 5.75 Å². The van der Waals surface area contributed by atoms with Gasteiger partial charge in [-0.15, -0.1) is 0 Å². The monoisotopic (exact) mass is 361 g/mol. The molecule has 0 spiro atoms. The number of carbonyl (C=O) groups excluding carboxylic acids is 1. The molecule has 0 unspecified atom stereocenters. The molecule has 0 aliphatic rings. The van der Waals surface area contributed by atoms with Crippen LogP contribution in [0.2, 0.25) is 0 Å². The standard InChI is InChI=1S/C20H24FNO2S/c1-3-18(24-19-11-7-6-10-17(19)21)20(23)22-12-13-25-14-16-9-5-4-8-15(16)2/h4-11,18H,3,12-14H2,1-2H3,(H,22,23)/t18-/m1/s1. The average molecular weight is 361 g/mol. The van der Waals surface area contributed by atoms with Gasteiger partial charge in [0.05, 0.1) is 0 Å². The lowest BCUT2D eigenvalue weighted by Gasteiger charge is -2.17. The summed E-state index contributed by atoms with van der Waals surface area (Å²) in [6, 6.07) is 14.4. The first-order valence-corrected chi connectivity index (χ1v) is 9.58. The smallest absolute Gasteiger partial charge is 0.261 e. The number of hydrogen-bond donors (Lipinski definition) is 1. The lowest BCUT2D eigenvalue weighted by molar-refractivity contribution is -0.128. The fourth-order valence-corrected chi connectivity index (χ4v) is 3.26. The van der Waals surface area contributed by atoms with E-state index in [4.69, 9.17) is 4.74 Å². The van der Waals surface area contributed by atoms with Gasteiger partial charge in [0.15, 0.2) is 17.7 Å². The molecule has 1 N–H and O–H groups in total. The second kappa shape index (κ2) is 10.1. The van der Waals surface area contributed by atoms with Crippen LogP contribution in [-0.4, -0.2) is 24.3 Å². The highest BCUT2D eigenvalue weighted by Gasteiger charge is 2.19. The van der Waals surface area contributed by atoms with Crippen molar-refractivity contribution in [3.05, 3.63) is 65.5 Å². The van der Waals surface area contributed by atoms with Gasteiger partial charge in [0.25, 0.3) is 5.91 Å². The minimum Gasteiger partial charge on any atom is -0.478 e. The molecule has 2 rings (SSSR count). The van der Waals surface area contributed by atoms with Gasteiger partial charge < -0.3 is 10.1 Å². The maximum atomic E-state index is 13.6. The Morgan fingerprint density at radius 3 is 2.64 bits per heavy atom. The molecule has 0 saturated heterocycles. The second-order valence-electron chi connectivity index (χ2n) is 5.72. The number of aryl methyl sites for hydroxylation is 1. The number of carbonyl (C=O) groups is 1. The second-order valence-corrected chi connectivity index (χ2v) is 6.82. The van der Waals surface area contributed by atoms with Crippen LogP contribution < -0.4 is 10.1 Å². The van der Waals surface area contributed by atoms with Gasteiger partial charge in [-0.2, -0.15) is 11.8 Å². The summed E-state index contributed by atoms with van der Waals surface area (Å²) in [4.78, 5) is 12.2. The van der Waals surface area contributed by atoms with Crippen molar-refractivity contribution in [2.45, 2.75) is 32.1 Å². The first-order valence-electron chi connectivity index (χ1n) is 8.43. The van der Waals surface area contributed by atoms with Gasteiger partial charge in [0, 0.05) is 18.1 Å². The molecular formula is C20H24FNO2S. The first kappa shape index (κ1) is 19.3. The minimum atomic E-state index is -0.682. The van der Waals surface area contributed by atoms with Gasteiger partial charge in [-0.25, -0.2) is 4.39 Å². The van der Waals surface area contributed by atoms with Gasteiger partial charge in [-0.3, -0.25) is 4.79 Å². The lowest BCUT2D eigenvalue weighted by Crippen LogP contribution is -2.39. The zero-order valence-electron chi connectivity index (χ0n) is 14.6. The summed E-state index contributed by atoms with van der Waals surface area (Å²) in [6.45, 7) is 4.51. The van der Waals surface area contributed by atoms with Crippen molar-refractivity contribution in [3.63, 3.8) is 0 Å². The molecule has 0 fully saturated rings. The Morgan fingerprint density at radius 1 is 1.20 bits per heavy atom. The molecule has 1 amide bonds. The minimum absolute atomic E-state index is 0.110. The third-order valence-electron chi connectivity index (χ3n) is 3.83. The number of hydrogen-bond acceptors (Lipinski definition) is 3. The molecule has 0 aliphatic carbocycles. The van der Waals surface area contributed by atoms with E-state index >= 15 is 0 Å². The Kier molecular flexibility index (Phi) is 7.79. The van der Waals surface area contributed by atoms with E-state index in [1.54, 1.807) is 23.9 Å². The van der Waals surface area contributed by atoms with Gasteiger partial charge in [0.1, 0.15) is 0 Å². The third kappa shape index (κ3) is 6.09. The van der Waals surface area contributed by atoms with Crippen molar-refractivity contribution in [1.82, 2.24) is 5.32 Å². The van der Waals surface area contributed by atoms with Crippen LogP contribution >= 0.6 is 11.8 Å². The normalized spacial score (nSPS) is 11.8. The molecule has 0 aliphatic heterocycles. The molecule has 2 aromatic carbocycles. The number of amides is 1. The summed E-state index contributed by atoms with van der Waals surface area (Å²) in [5.74, 6) is 1.19. The SMILES string of the molecule is CC[C@@H](Oc1ccccc1F)C(=O)NCCSCc1ccccc1C. The van der Waals surface area contributed by atoms with Crippen molar-refractivity contribution < 1.29 is 13.9 Å². The Labute approximate surface area is 153 Å². The van der Waals surface area contributed by atoms with E-state index in [-0.39, 0.29) is 11.7 Å². The number of thioether (sulfide) groups is 1. The molecule has 0 radical (unpaired) electrons. The molecule has 0 aromatic heterocycles. The highest BCUT2D eigenvalue weighted by Crippen LogP contribution is 2.18. The van der Waals surface area contributed by atoms with Crippen LogP contribution in [-0.2, 0) is 10.5 Å². The van der Waals surface area contributed by atoms with Gasteiger partial charge in [-0.05, 0) is 36.6 Å². The number of rotatable bonds is 9. The summed E-state index contributed by atoms with van der Waals surface area (Å²) >= 11 is 1.77. The Morgan fingerprint density at radius 2 is 1.92 bits per heavy atom. The summed E-state index contributed by atoms with van der Waals surface area (Å²) in [6.07, 6.45) is -0.200. The molecule has 0 saturated carbocycles. The van der Waals surface area contributed by atoms with Crippen molar-refractivity contribution in [1.29, 1.82) is 0 Å². The van der Waals surface area contributed by atoms with Crippen LogP contribution in [0.15, 0.2) is 48.5 Å². The maximum absolute atomic E-state index is 13.6. The van der Waals surface area contributed by atoms with Crippen molar-refractivity contribution in [2.75, 3.05) is 12.3 Å². The predicted octanol–water partition coefficient (Wildman–Crippen LogP) is 4.34. The van der Waals surface area contributed by atoms with Crippen molar-refractivity contribution in [3.8, 4) is 5.75 Å². The van der Waals surface area contributed by atoms with E-state index in [1.807, 2.05) is 19.1 Å². The topological polar surface area (TPSA) is 38.3 Å². The molecule has 2 aromatic rings. The van der Waals surface area contributed by atoms with Gasteiger partial charge in [-0.1, -0.05) is 43.3 Å². The molecule has 1 atom stereocenters. The van der Waals surface area contributed by atoms with Crippen LogP contribution in [0.1, 0.15) is 24.5 Å². The van der Waals surface area contributed by atoms with Crippen LogP contribution in [0, 0.1) is 12.7 Å². The molecular weight excluding hydrogens is 337 g/mol. The van der Waals surface area contributed by atoms with E-state index in [2.05, 4.69) is 24.4 Å². The number of para-hydroxylation sites is 1. The molecule has 0 heterocycles. The average Bonchev–Trinajstić information content (AvgIpc) is 2.62. The van der Waals surface area contributed by atoms with E-state index < -0.39 is 11.9 Å². The number of halogens is 1. The largest absolute Gasteiger partial charge is 0.478 e. The summed E-state index contributed by atoms with van der Waals surface area (Å²) < 4.78 is 19.1. The number of benzene rings is 2. The lowest BCUT2D eigenvalue weighted by atomic mass is 10.1. The zero-order chi connectivity index (χ0) is 18.1. The molecule has 25 heavy (non-hydrogen) atoms. The summed E-state index contributed by atoms with van der Waals surface area (Å²) in [5, 5.41) is 2.87. The van der Waals surface area contributed by atoms with Crippen LogP contribution in [0.4, 0.5) is 4.39 Å². The fraction of sp³-hybridized carbons (Fsp3) is 0.350. The molecule has 5 heteroatoms. The zero-order valence-corrected chi connectivity index (χ0v) is 15.4. The first-order chi connectivity index (χ1) is 12.1. The van der Waals surface area contributed by atoms with E-state index in [0.717, 1.165) is 11.5 Å².